The van der Waals surface area contributed by atoms with Crippen molar-refractivity contribution in [2.24, 2.45) is 0 Å². The topological polar surface area (TPSA) is 105 Å². The first-order valence-corrected chi connectivity index (χ1v) is 11.9. The highest BCUT2D eigenvalue weighted by Gasteiger charge is 2.34. The molecule has 2 atom stereocenters. The Morgan fingerprint density at radius 3 is 2.73 bits per heavy atom. The summed E-state index contributed by atoms with van der Waals surface area (Å²) in [7, 11) is 0. The van der Waals surface area contributed by atoms with Gasteiger partial charge >= 0.3 is 0 Å². The van der Waals surface area contributed by atoms with E-state index in [1.54, 1.807) is 12.4 Å². The molecule has 2 saturated heterocycles. The Bertz CT molecular complexity index is 1140. The van der Waals surface area contributed by atoms with Crippen LogP contribution in [-0.2, 0) is 11.3 Å². The second kappa shape index (κ2) is 9.01. The van der Waals surface area contributed by atoms with E-state index in [2.05, 4.69) is 37.1 Å². The number of amides is 1. The SMILES string of the molecule is CC[C@@H](Nc1ncnc2c1nc(-c1cnc(C)nc1)n2CC)C(=O)N1CCN2CCC[C@H]2C1. The van der Waals surface area contributed by atoms with E-state index in [4.69, 9.17) is 4.98 Å². The van der Waals surface area contributed by atoms with Gasteiger partial charge in [0, 0.05) is 44.6 Å². The van der Waals surface area contributed by atoms with E-state index in [1.807, 2.05) is 23.3 Å². The molecule has 0 spiro atoms. The molecule has 3 aromatic rings. The third-order valence-electron chi connectivity index (χ3n) is 6.80. The minimum Gasteiger partial charge on any atom is -0.356 e. The lowest BCUT2D eigenvalue weighted by Gasteiger charge is -2.39. The molecule has 0 bridgehead atoms. The van der Waals surface area contributed by atoms with E-state index in [0.29, 0.717) is 36.2 Å². The Hall–Kier alpha value is -3.14. The molecule has 2 fully saturated rings. The van der Waals surface area contributed by atoms with Crippen molar-refractivity contribution in [2.45, 2.75) is 58.7 Å². The number of nitrogens with zero attached hydrogens (tertiary/aromatic N) is 8. The third-order valence-corrected chi connectivity index (χ3v) is 6.80. The number of fused-ring (bicyclic) bond motifs is 2. The number of aryl methyl sites for hydroxylation is 2. The molecular formula is C23H31N9O. The van der Waals surface area contributed by atoms with Crippen molar-refractivity contribution in [2.75, 3.05) is 31.5 Å². The van der Waals surface area contributed by atoms with Crippen LogP contribution in [0, 0.1) is 6.92 Å². The van der Waals surface area contributed by atoms with Crippen molar-refractivity contribution in [3.8, 4) is 11.4 Å². The Balaban J connectivity index is 1.43. The first kappa shape index (κ1) is 21.7. The summed E-state index contributed by atoms with van der Waals surface area (Å²) in [5, 5.41) is 3.39. The fourth-order valence-electron chi connectivity index (χ4n) is 4.99. The third kappa shape index (κ3) is 4.03. The molecule has 0 aromatic carbocycles. The summed E-state index contributed by atoms with van der Waals surface area (Å²) in [5.74, 6) is 2.18. The van der Waals surface area contributed by atoms with E-state index in [0.717, 1.165) is 43.2 Å². The second-order valence-corrected chi connectivity index (χ2v) is 8.81. The summed E-state index contributed by atoms with van der Waals surface area (Å²) in [6, 6.07) is 0.152. The van der Waals surface area contributed by atoms with Gasteiger partial charge in [-0.2, -0.15) is 0 Å². The van der Waals surface area contributed by atoms with Crippen molar-refractivity contribution < 1.29 is 4.79 Å². The highest BCUT2D eigenvalue weighted by Crippen LogP contribution is 2.27. The van der Waals surface area contributed by atoms with Crippen molar-refractivity contribution in [1.82, 2.24) is 39.3 Å². The fraction of sp³-hybridized carbons (Fsp3) is 0.565. The van der Waals surface area contributed by atoms with Gasteiger partial charge in [-0.3, -0.25) is 9.69 Å². The van der Waals surface area contributed by atoms with E-state index in [-0.39, 0.29) is 11.9 Å². The van der Waals surface area contributed by atoms with Gasteiger partial charge in [-0.15, -0.1) is 0 Å². The van der Waals surface area contributed by atoms with Crippen LogP contribution >= 0.6 is 0 Å². The number of nitrogens with one attached hydrogen (secondary N) is 1. The van der Waals surface area contributed by atoms with Crippen LogP contribution in [0.4, 0.5) is 5.82 Å². The molecule has 5 rings (SSSR count). The lowest BCUT2D eigenvalue weighted by atomic mass is 10.1. The quantitative estimate of drug-likeness (QED) is 0.610. The van der Waals surface area contributed by atoms with Crippen molar-refractivity contribution in [3.63, 3.8) is 0 Å². The summed E-state index contributed by atoms with van der Waals surface area (Å²) in [6.45, 7) is 10.4. The Morgan fingerprint density at radius 2 is 1.97 bits per heavy atom. The summed E-state index contributed by atoms with van der Waals surface area (Å²) in [5.41, 5.74) is 2.21. The minimum absolute atomic E-state index is 0.137. The predicted octanol–water partition coefficient (Wildman–Crippen LogP) is 2.11. The molecule has 33 heavy (non-hydrogen) atoms. The summed E-state index contributed by atoms with van der Waals surface area (Å²) in [6.07, 6.45) is 8.16. The molecule has 2 aliphatic heterocycles. The molecule has 174 valence electrons. The zero-order chi connectivity index (χ0) is 22.9. The van der Waals surface area contributed by atoms with Crippen LogP contribution in [-0.4, -0.2) is 83.5 Å². The average molecular weight is 450 g/mol. The van der Waals surface area contributed by atoms with E-state index < -0.39 is 0 Å². The zero-order valence-electron chi connectivity index (χ0n) is 19.5. The highest BCUT2D eigenvalue weighted by atomic mass is 16.2. The first-order valence-electron chi connectivity index (χ1n) is 11.9. The van der Waals surface area contributed by atoms with Gasteiger partial charge in [0.15, 0.2) is 17.0 Å². The molecule has 0 unspecified atom stereocenters. The normalized spacial score (nSPS) is 19.6. The molecule has 0 saturated carbocycles. The maximum Gasteiger partial charge on any atom is 0.245 e. The van der Waals surface area contributed by atoms with Gasteiger partial charge in [0.05, 0.1) is 5.56 Å². The first-order chi connectivity index (χ1) is 16.1. The van der Waals surface area contributed by atoms with Crippen LogP contribution in [0.15, 0.2) is 18.7 Å². The van der Waals surface area contributed by atoms with Gasteiger partial charge in [-0.25, -0.2) is 24.9 Å². The molecule has 10 heteroatoms. The number of aromatic nitrogens is 6. The number of anilines is 1. The maximum atomic E-state index is 13.4. The van der Waals surface area contributed by atoms with E-state index >= 15 is 0 Å². The number of rotatable bonds is 6. The Morgan fingerprint density at radius 1 is 1.15 bits per heavy atom. The number of imidazole rings is 1. The lowest BCUT2D eigenvalue weighted by Crippen LogP contribution is -2.55. The molecule has 10 nitrogen and oxygen atoms in total. The van der Waals surface area contributed by atoms with Gasteiger partial charge in [-0.1, -0.05) is 6.92 Å². The van der Waals surface area contributed by atoms with Gasteiger partial charge in [0.2, 0.25) is 5.91 Å². The Labute approximate surface area is 193 Å². The molecule has 2 aliphatic rings. The minimum atomic E-state index is -0.353. The standard InChI is InChI=1S/C23H31N9O/c1-4-18(23(33)31-10-9-30-8-6-7-17(30)13-31)28-20-19-22(27-14-26-20)32(5-2)21(29-19)16-11-24-15(3)25-12-16/h11-12,14,17-18H,4-10,13H2,1-3H3,(H,26,27,28)/t17-,18+/m0/s1. The molecule has 3 aromatic heterocycles. The number of carbonyl (C=O) groups excluding carboxylic acids is 1. The maximum absolute atomic E-state index is 13.4. The van der Waals surface area contributed by atoms with Crippen LogP contribution in [0.3, 0.4) is 0 Å². The van der Waals surface area contributed by atoms with Crippen molar-refractivity contribution >= 4 is 22.9 Å². The van der Waals surface area contributed by atoms with Gasteiger partial charge in [-0.05, 0) is 39.7 Å². The van der Waals surface area contributed by atoms with Crippen LogP contribution in [0.1, 0.15) is 38.9 Å². The number of carbonyl (C=O) groups is 1. The summed E-state index contributed by atoms with van der Waals surface area (Å²) < 4.78 is 2.03. The molecule has 1 amide bonds. The second-order valence-electron chi connectivity index (χ2n) is 8.81. The molecule has 5 heterocycles. The van der Waals surface area contributed by atoms with Crippen LogP contribution in [0.25, 0.3) is 22.6 Å². The zero-order valence-corrected chi connectivity index (χ0v) is 19.5. The van der Waals surface area contributed by atoms with Gasteiger partial charge in [0.1, 0.15) is 24.0 Å². The van der Waals surface area contributed by atoms with Crippen LogP contribution in [0.2, 0.25) is 0 Å². The molecular weight excluding hydrogens is 418 g/mol. The van der Waals surface area contributed by atoms with Crippen LogP contribution < -0.4 is 5.32 Å². The number of hydrogen-bond donors (Lipinski definition) is 1. The summed E-state index contributed by atoms with van der Waals surface area (Å²) >= 11 is 0. The highest BCUT2D eigenvalue weighted by molar-refractivity contribution is 5.90. The van der Waals surface area contributed by atoms with Gasteiger partial charge in [0.25, 0.3) is 0 Å². The van der Waals surface area contributed by atoms with E-state index in [9.17, 15) is 4.79 Å². The number of hydrogen-bond acceptors (Lipinski definition) is 8. The van der Waals surface area contributed by atoms with Crippen LogP contribution in [0.5, 0.6) is 0 Å². The van der Waals surface area contributed by atoms with E-state index in [1.165, 1.54) is 19.2 Å². The fourth-order valence-corrected chi connectivity index (χ4v) is 4.99. The summed E-state index contributed by atoms with van der Waals surface area (Å²) in [4.78, 5) is 40.4. The lowest BCUT2D eigenvalue weighted by molar-refractivity contribution is -0.134. The van der Waals surface area contributed by atoms with Crippen molar-refractivity contribution in [1.29, 1.82) is 0 Å². The number of piperazine rings is 1. The van der Waals surface area contributed by atoms with Crippen molar-refractivity contribution in [3.05, 3.63) is 24.5 Å². The largest absolute Gasteiger partial charge is 0.356 e. The smallest absolute Gasteiger partial charge is 0.245 e. The monoisotopic (exact) mass is 449 g/mol. The predicted molar refractivity (Wildman–Crippen MR) is 126 cm³/mol. The Kier molecular flexibility index (Phi) is 5.92. The molecule has 0 radical (unpaired) electrons. The molecule has 0 aliphatic carbocycles. The molecule has 1 N–H and O–H groups in total. The van der Waals surface area contributed by atoms with Gasteiger partial charge < -0.3 is 14.8 Å². The average Bonchev–Trinajstić information content (AvgIpc) is 3.46.